The molecule has 1 aromatic carbocycles. The lowest BCUT2D eigenvalue weighted by atomic mass is 10.1. The zero-order valence-corrected chi connectivity index (χ0v) is 12.7. The number of rotatable bonds is 6. The number of aliphatic hydroxyl groups is 1. The second-order valence-corrected chi connectivity index (χ2v) is 6.18. The Morgan fingerprint density at radius 1 is 1.20 bits per heavy atom. The molecule has 0 amide bonds. The number of hydrogen-bond donors (Lipinski definition) is 1. The van der Waals surface area contributed by atoms with Crippen molar-refractivity contribution in [3.63, 3.8) is 0 Å². The lowest BCUT2D eigenvalue weighted by Gasteiger charge is -2.29. The fraction of sp³-hybridized carbons (Fsp3) is 0.647. The molecule has 1 aliphatic rings. The van der Waals surface area contributed by atoms with E-state index in [1.165, 1.54) is 5.56 Å². The van der Waals surface area contributed by atoms with E-state index in [0.717, 1.165) is 51.3 Å². The molecule has 1 N–H and O–H groups in total. The third-order valence-electron chi connectivity index (χ3n) is 3.85. The maximum Gasteiger partial charge on any atom is 0.119 e. The van der Waals surface area contributed by atoms with E-state index in [1.807, 2.05) is 0 Å². The van der Waals surface area contributed by atoms with Gasteiger partial charge in [0.25, 0.3) is 0 Å². The number of nitrogens with zero attached hydrogens (tertiary/aromatic N) is 1. The largest absolute Gasteiger partial charge is 0.494 e. The van der Waals surface area contributed by atoms with Crippen molar-refractivity contribution in [1.29, 1.82) is 0 Å². The summed E-state index contributed by atoms with van der Waals surface area (Å²) in [7, 11) is 0. The Balaban J connectivity index is 1.76. The summed E-state index contributed by atoms with van der Waals surface area (Å²) in [6.07, 6.45) is 2.80. The number of aliphatic hydroxyl groups excluding tert-OH is 1. The highest BCUT2D eigenvalue weighted by Gasteiger charge is 2.16. The molecule has 0 aliphatic carbocycles. The van der Waals surface area contributed by atoms with Crippen LogP contribution >= 0.6 is 0 Å². The average Bonchev–Trinajstić information content (AvgIpc) is 2.43. The van der Waals surface area contributed by atoms with Crippen LogP contribution in [-0.2, 0) is 6.54 Å². The first-order valence-electron chi connectivity index (χ1n) is 7.75. The smallest absolute Gasteiger partial charge is 0.119 e. The van der Waals surface area contributed by atoms with Crippen LogP contribution in [0.3, 0.4) is 0 Å². The summed E-state index contributed by atoms with van der Waals surface area (Å²) >= 11 is 0. The topological polar surface area (TPSA) is 32.7 Å². The number of likely N-dealkylation sites (tertiary alicyclic amines) is 1. The van der Waals surface area contributed by atoms with Gasteiger partial charge in [0.15, 0.2) is 0 Å². The number of ether oxygens (including phenoxy) is 1. The van der Waals surface area contributed by atoms with E-state index >= 15 is 0 Å². The van der Waals surface area contributed by atoms with Crippen LogP contribution in [0.15, 0.2) is 24.3 Å². The van der Waals surface area contributed by atoms with Gasteiger partial charge in [0.2, 0.25) is 0 Å². The Hall–Kier alpha value is -1.06. The first-order valence-corrected chi connectivity index (χ1v) is 7.75. The predicted octanol–water partition coefficient (Wildman–Crippen LogP) is 3.07. The molecule has 0 radical (unpaired) electrons. The van der Waals surface area contributed by atoms with E-state index in [0.29, 0.717) is 5.92 Å². The molecule has 3 nitrogen and oxygen atoms in total. The SMILES string of the molecule is CC(C)CCOc1ccc(CN2CCC(O)CC2)cc1. The lowest BCUT2D eigenvalue weighted by molar-refractivity contribution is 0.0792. The molecule has 0 spiro atoms. The molecule has 3 heteroatoms. The van der Waals surface area contributed by atoms with Crippen molar-refractivity contribution < 1.29 is 9.84 Å². The van der Waals surface area contributed by atoms with Gasteiger partial charge in [-0.25, -0.2) is 0 Å². The zero-order chi connectivity index (χ0) is 14.4. The van der Waals surface area contributed by atoms with Gasteiger partial charge >= 0.3 is 0 Å². The van der Waals surface area contributed by atoms with Crippen LogP contribution in [0.2, 0.25) is 0 Å². The van der Waals surface area contributed by atoms with Crippen LogP contribution in [0, 0.1) is 5.92 Å². The Kier molecular flexibility index (Phi) is 5.86. The molecule has 1 aromatic rings. The minimum atomic E-state index is -0.0945. The third-order valence-corrected chi connectivity index (χ3v) is 3.85. The Bertz CT molecular complexity index is 380. The molecular weight excluding hydrogens is 250 g/mol. The van der Waals surface area contributed by atoms with Crippen LogP contribution < -0.4 is 4.74 Å². The van der Waals surface area contributed by atoms with Crippen molar-refractivity contribution in [3.05, 3.63) is 29.8 Å². The summed E-state index contributed by atoms with van der Waals surface area (Å²) in [6, 6.07) is 8.42. The molecule has 2 rings (SSSR count). The fourth-order valence-corrected chi connectivity index (χ4v) is 2.44. The first kappa shape index (κ1) is 15.3. The molecule has 0 atom stereocenters. The zero-order valence-electron chi connectivity index (χ0n) is 12.7. The second-order valence-electron chi connectivity index (χ2n) is 6.18. The fourth-order valence-electron chi connectivity index (χ4n) is 2.44. The van der Waals surface area contributed by atoms with Crippen molar-refractivity contribution >= 4 is 0 Å². The van der Waals surface area contributed by atoms with Gasteiger partial charge < -0.3 is 9.84 Å². The number of hydrogen-bond acceptors (Lipinski definition) is 3. The molecule has 0 aromatic heterocycles. The van der Waals surface area contributed by atoms with Crippen molar-refractivity contribution in [1.82, 2.24) is 4.90 Å². The van der Waals surface area contributed by atoms with Gasteiger partial charge in [-0.2, -0.15) is 0 Å². The number of piperidine rings is 1. The standard InChI is InChI=1S/C17H27NO2/c1-14(2)9-12-20-17-5-3-15(4-6-17)13-18-10-7-16(19)8-11-18/h3-6,14,16,19H,7-13H2,1-2H3. The predicted molar refractivity (Wildman–Crippen MR) is 81.9 cm³/mol. The van der Waals surface area contributed by atoms with E-state index in [1.54, 1.807) is 0 Å². The Labute approximate surface area is 122 Å². The van der Waals surface area contributed by atoms with Crippen molar-refractivity contribution in [2.45, 2.75) is 45.8 Å². The van der Waals surface area contributed by atoms with Gasteiger partial charge in [-0.15, -0.1) is 0 Å². The molecule has 0 unspecified atom stereocenters. The molecule has 20 heavy (non-hydrogen) atoms. The van der Waals surface area contributed by atoms with Gasteiger partial charge in [0.05, 0.1) is 12.7 Å². The highest BCUT2D eigenvalue weighted by Crippen LogP contribution is 2.17. The summed E-state index contributed by atoms with van der Waals surface area (Å²) < 4.78 is 5.73. The van der Waals surface area contributed by atoms with E-state index < -0.39 is 0 Å². The van der Waals surface area contributed by atoms with E-state index in [-0.39, 0.29) is 6.10 Å². The number of benzene rings is 1. The van der Waals surface area contributed by atoms with E-state index in [9.17, 15) is 5.11 Å². The van der Waals surface area contributed by atoms with Crippen molar-refractivity contribution in [3.8, 4) is 5.75 Å². The summed E-state index contributed by atoms with van der Waals surface area (Å²) in [5.74, 6) is 1.65. The summed E-state index contributed by atoms with van der Waals surface area (Å²) in [6.45, 7) is 8.17. The van der Waals surface area contributed by atoms with Crippen LogP contribution in [0.1, 0.15) is 38.7 Å². The molecular formula is C17H27NO2. The Morgan fingerprint density at radius 3 is 2.45 bits per heavy atom. The molecule has 0 bridgehead atoms. The van der Waals surface area contributed by atoms with Crippen molar-refractivity contribution in [2.24, 2.45) is 5.92 Å². The molecule has 1 fully saturated rings. The first-order chi connectivity index (χ1) is 9.63. The summed E-state index contributed by atoms with van der Waals surface area (Å²) in [5.41, 5.74) is 1.32. The van der Waals surface area contributed by atoms with Gasteiger partial charge in [0.1, 0.15) is 5.75 Å². The quantitative estimate of drug-likeness (QED) is 0.867. The summed E-state index contributed by atoms with van der Waals surface area (Å²) in [5, 5.41) is 9.51. The average molecular weight is 277 g/mol. The normalized spacial score (nSPS) is 17.6. The van der Waals surface area contributed by atoms with Gasteiger partial charge in [0, 0.05) is 19.6 Å². The van der Waals surface area contributed by atoms with Gasteiger partial charge in [-0.1, -0.05) is 26.0 Å². The minimum absolute atomic E-state index is 0.0945. The Morgan fingerprint density at radius 2 is 1.85 bits per heavy atom. The van der Waals surface area contributed by atoms with E-state index in [2.05, 4.69) is 43.0 Å². The molecule has 1 aliphatic heterocycles. The molecule has 1 saturated heterocycles. The van der Waals surface area contributed by atoms with Crippen molar-refractivity contribution in [2.75, 3.05) is 19.7 Å². The van der Waals surface area contributed by atoms with Crippen LogP contribution in [0.25, 0.3) is 0 Å². The van der Waals surface area contributed by atoms with Gasteiger partial charge in [-0.05, 0) is 42.9 Å². The van der Waals surface area contributed by atoms with E-state index in [4.69, 9.17) is 4.74 Å². The van der Waals surface area contributed by atoms with Gasteiger partial charge in [-0.3, -0.25) is 4.90 Å². The minimum Gasteiger partial charge on any atom is -0.494 e. The summed E-state index contributed by atoms with van der Waals surface area (Å²) in [4.78, 5) is 2.40. The van der Waals surface area contributed by atoms with Crippen LogP contribution in [-0.4, -0.2) is 35.8 Å². The second kappa shape index (κ2) is 7.65. The van der Waals surface area contributed by atoms with Crippen LogP contribution in [0.4, 0.5) is 0 Å². The molecule has 0 saturated carbocycles. The molecule has 112 valence electrons. The maximum atomic E-state index is 9.51. The highest BCUT2D eigenvalue weighted by atomic mass is 16.5. The molecule has 1 heterocycles. The van der Waals surface area contributed by atoms with Crippen LogP contribution in [0.5, 0.6) is 5.75 Å². The monoisotopic (exact) mass is 277 g/mol. The third kappa shape index (κ3) is 5.14. The maximum absolute atomic E-state index is 9.51. The lowest BCUT2D eigenvalue weighted by Crippen LogP contribution is -2.35. The highest BCUT2D eigenvalue weighted by molar-refractivity contribution is 5.27.